The first-order chi connectivity index (χ1) is 12.2. The summed E-state index contributed by atoms with van der Waals surface area (Å²) in [5.74, 6) is 6.08. The van der Waals surface area contributed by atoms with Crippen LogP contribution in [0.25, 0.3) is 0 Å². The van der Waals surface area contributed by atoms with Crippen molar-refractivity contribution in [3.8, 4) is 0 Å². The molecule has 0 aromatic heterocycles. The molecule has 0 saturated carbocycles. The lowest BCUT2D eigenvalue weighted by Gasteiger charge is -2.19. The van der Waals surface area contributed by atoms with Crippen molar-refractivity contribution in [2.24, 2.45) is 5.84 Å². The fourth-order valence-corrected chi connectivity index (χ4v) is 3.05. The van der Waals surface area contributed by atoms with Gasteiger partial charge >= 0.3 is 0 Å². The van der Waals surface area contributed by atoms with Gasteiger partial charge in [0.1, 0.15) is 0 Å². The maximum absolute atomic E-state index is 6.61. The van der Waals surface area contributed by atoms with Gasteiger partial charge in [-0.1, -0.05) is 48.0 Å². The second kappa shape index (κ2) is 8.56. The third-order valence-electron chi connectivity index (χ3n) is 4.13. The largest absolute Gasteiger partial charge is 0.361 e. The van der Waals surface area contributed by atoms with Gasteiger partial charge in [0, 0.05) is 23.1 Å². The van der Waals surface area contributed by atoms with Crippen LogP contribution in [0.3, 0.4) is 0 Å². The number of nitrogens with two attached hydrogens (primary N) is 1. The van der Waals surface area contributed by atoms with Gasteiger partial charge in [-0.05, 0) is 60.8 Å². The first kappa shape index (κ1) is 17.3. The molecule has 25 heavy (non-hydrogen) atoms. The summed E-state index contributed by atoms with van der Waals surface area (Å²) in [6.07, 6.45) is 8.88. The van der Waals surface area contributed by atoms with Crippen molar-refractivity contribution in [3.05, 3.63) is 95.3 Å². The number of benzene rings is 2. The van der Waals surface area contributed by atoms with Gasteiger partial charge < -0.3 is 5.32 Å². The number of hydrazine groups is 1. The fourth-order valence-electron chi connectivity index (χ4n) is 2.75. The zero-order chi connectivity index (χ0) is 17.5. The molecule has 0 unspecified atom stereocenters. The van der Waals surface area contributed by atoms with Crippen LogP contribution in [0, 0.1) is 0 Å². The molecule has 0 amide bonds. The zero-order valence-electron chi connectivity index (χ0n) is 14.0. The second-order valence-electron chi connectivity index (χ2n) is 5.93. The van der Waals surface area contributed by atoms with E-state index in [1.165, 1.54) is 0 Å². The first-order valence-electron chi connectivity index (χ1n) is 8.41. The summed E-state index contributed by atoms with van der Waals surface area (Å²) in [6.45, 7) is 0. The highest BCUT2D eigenvalue weighted by Gasteiger charge is 2.14. The Labute approximate surface area is 154 Å². The zero-order valence-corrected chi connectivity index (χ0v) is 14.8. The van der Waals surface area contributed by atoms with Crippen LogP contribution in [0.1, 0.15) is 19.3 Å². The standard InChI is InChI=1S/C21H22ClN3/c22-21-17(14-15-25(23)20-12-5-2-6-13-20)8-7-9-18(21)16-24-19-10-3-1-4-11-19/h1-6,10-16,24H,7-9,23H2/b15-14?,18-16+. The predicted octanol–water partition coefficient (Wildman–Crippen LogP) is 5.55. The van der Waals surface area contributed by atoms with Crippen LogP contribution in [0.15, 0.2) is 95.3 Å². The molecule has 1 aliphatic rings. The molecule has 2 aromatic carbocycles. The molecule has 3 rings (SSSR count). The number of allylic oxidation sites excluding steroid dienone is 4. The van der Waals surface area contributed by atoms with Crippen molar-refractivity contribution in [3.63, 3.8) is 0 Å². The summed E-state index contributed by atoms with van der Waals surface area (Å²) in [5.41, 5.74) is 4.23. The maximum atomic E-state index is 6.61. The summed E-state index contributed by atoms with van der Waals surface area (Å²) in [4.78, 5) is 0. The lowest BCUT2D eigenvalue weighted by molar-refractivity contribution is 0.790. The summed E-state index contributed by atoms with van der Waals surface area (Å²) < 4.78 is 0. The van der Waals surface area contributed by atoms with Crippen molar-refractivity contribution >= 4 is 23.0 Å². The minimum absolute atomic E-state index is 0.812. The van der Waals surface area contributed by atoms with Gasteiger partial charge in [-0.3, -0.25) is 5.01 Å². The van der Waals surface area contributed by atoms with Crippen molar-refractivity contribution < 1.29 is 0 Å². The molecule has 2 aromatic rings. The summed E-state index contributed by atoms with van der Waals surface area (Å²) >= 11 is 6.61. The van der Waals surface area contributed by atoms with E-state index in [0.717, 1.165) is 46.8 Å². The Morgan fingerprint density at radius 2 is 1.64 bits per heavy atom. The number of nitrogens with one attached hydrogen (secondary N) is 1. The molecule has 0 heterocycles. The van der Waals surface area contributed by atoms with E-state index in [4.69, 9.17) is 17.4 Å². The van der Waals surface area contributed by atoms with E-state index in [-0.39, 0.29) is 0 Å². The van der Waals surface area contributed by atoms with E-state index in [9.17, 15) is 0 Å². The summed E-state index contributed by atoms with van der Waals surface area (Å²) in [7, 11) is 0. The van der Waals surface area contributed by atoms with Gasteiger partial charge in [-0.2, -0.15) is 0 Å². The molecule has 4 heteroatoms. The lowest BCUT2D eigenvalue weighted by Crippen LogP contribution is -2.23. The number of para-hydroxylation sites is 2. The number of nitrogens with zero attached hydrogens (tertiary/aromatic N) is 1. The van der Waals surface area contributed by atoms with Crippen LogP contribution in [-0.2, 0) is 0 Å². The molecule has 0 spiro atoms. The highest BCUT2D eigenvalue weighted by molar-refractivity contribution is 6.32. The Morgan fingerprint density at radius 3 is 2.36 bits per heavy atom. The van der Waals surface area contributed by atoms with E-state index in [2.05, 4.69) is 5.32 Å². The van der Waals surface area contributed by atoms with Crippen LogP contribution >= 0.6 is 11.6 Å². The minimum Gasteiger partial charge on any atom is -0.361 e. The molecular weight excluding hydrogens is 330 g/mol. The van der Waals surface area contributed by atoms with Crippen LogP contribution in [0.4, 0.5) is 11.4 Å². The predicted molar refractivity (Wildman–Crippen MR) is 107 cm³/mol. The molecule has 0 aliphatic heterocycles. The monoisotopic (exact) mass is 351 g/mol. The quantitative estimate of drug-likeness (QED) is 0.548. The fraction of sp³-hybridized carbons (Fsp3) is 0.143. The molecule has 0 saturated heterocycles. The highest BCUT2D eigenvalue weighted by Crippen LogP contribution is 2.33. The molecular formula is C21H22ClN3. The number of rotatable bonds is 5. The van der Waals surface area contributed by atoms with Gasteiger partial charge in [0.25, 0.3) is 0 Å². The molecule has 0 radical (unpaired) electrons. The van der Waals surface area contributed by atoms with Crippen molar-refractivity contribution in [2.45, 2.75) is 19.3 Å². The van der Waals surface area contributed by atoms with E-state index < -0.39 is 0 Å². The van der Waals surface area contributed by atoms with Gasteiger partial charge in [0.05, 0.1) is 5.69 Å². The van der Waals surface area contributed by atoms with E-state index in [1.54, 1.807) is 5.01 Å². The van der Waals surface area contributed by atoms with Gasteiger partial charge in [0.15, 0.2) is 0 Å². The third-order valence-corrected chi connectivity index (χ3v) is 4.62. The Kier molecular flexibility index (Phi) is 5.94. The van der Waals surface area contributed by atoms with Crippen LogP contribution in [0.5, 0.6) is 0 Å². The Morgan fingerprint density at radius 1 is 0.960 bits per heavy atom. The Balaban J connectivity index is 1.73. The van der Waals surface area contributed by atoms with E-state index in [0.29, 0.717) is 0 Å². The van der Waals surface area contributed by atoms with Crippen LogP contribution < -0.4 is 16.2 Å². The Hall–Kier alpha value is -2.49. The van der Waals surface area contributed by atoms with E-state index in [1.807, 2.05) is 79.1 Å². The average Bonchev–Trinajstić information content (AvgIpc) is 2.67. The number of halogens is 1. The van der Waals surface area contributed by atoms with Gasteiger partial charge in [-0.15, -0.1) is 0 Å². The number of hydrogen-bond acceptors (Lipinski definition) is 3. The normalized spacial score (nSPS) is 16.5. The average molecular weight is 352 g/mol. The van der Waals surface area contributed by atoms with Crippen molar-refractivity contribution in [2.75, 3.05) is 10.3 Å². The van der Waals surface area contributed by atoms with E-state index >= 15 is 0 Å². The molecule has 0 fully saturated rings. The maximum Gasteiger partial charge on any atom is 0.0568 e. The summed E-state index contributed by atoms with van der Waals surface area (Å²) in [5, 5.41) is 5.74. The molecule has 0 atom stereocenters. The highest BCUT2D eigenvalue weighted by atomic mass is 35.5. The SMILES string of the molecule is NN(C=CC1=C(Cl)/C(=C/Nc2ccccc2)CCC1)c1ccccc1. The van der Waals surface area contributed by atoms with Crippen LogP contribution in [-0.4, -0.2) is 0 Å². The number of anilines is 2. The molecule has 1 aliphatic carbocycles. The lowest BCUT2D eigenvalue weighted by atomic mass is 9.95. The smallest absolute Gasteiger partial charge is 0.0568 e. The molecule has 128 valence electrons. The summed E-state index contributed by atoms with van der Waals surface area (Å²) in [6, 6.07) is 19.9. The first-order valence-corrected chi connectivity index (χ1v) is 8.78. The van der Waals surface area contributed by atoms with Crippen molar-refractivity contribution in [1.29, 1.82) is 0 Å². The third kappa shape index (κ3) is 4.75. The minimum atomic E-state index is 0.812. The second-order valence-corrected chi connectivity index (χ2v) is 6.31. The topological polar surface area (TPSA) is 41.3 Å². The van der Waals surface area contributed by atoms with Gasteiger partial charge in [0.2, 0.25) is 0 Å². The Bertz CT molecular complexity index is 779. The van der Waals surface area contributed by atoms with Crippen LogP contribution in [0.2, 0.25) is 0 Å². The van der Waals surface area contributed by atoms with Gasteiger partial charge in [-0.25, -0.2) is 5.84 Å². The molecule has 0 bridgehead atoms. The molecule has 3 N–H and O–H groups in total. The van der Waals surface area contributed by atoms with Crippen molar-refractivity contribution in [1.82, 2.24) is 0 Å². The molecule has 3 nitrogen and oxygen atoms in total. The number of hydrogen-bond donors (Lipinski definition) is 2.